The largest absolute Gasteiger partial charge is 0.493 e. The van der Waals surface area contributed by atoms with Crippen LogP contribution in [0.15, 0.2) is 39.9 Å². The van der Waals surface area contributed by atoms with Crippen LogP contribution in [0, 0.1) is 6.92 Å². The van der Waals surface area contributed by atoms with Crippen LogP contribution in [0.5, 0.6) is 11.5 Å². The molecule has 1 N–H and O–H groups in total. The lowest BCUT2D eigenvalue weighted by Gasteiger charge is -2.23. The normalized spacial score (nSPS) is 11.4. The molecule has 0 saturated carbocycles. The zero-order valence-electron chi connectivity index (χ0n) is 16.8. The number of halogens is 2. The molecule has 2 rings (SSSR count). The van der Waals surface area contributed by atoms with Gasteiger partial charge in [0.2, 0.25) is 10.0 Å². The standard InChI is InChI=1S/C19H21BrClN3O5S/c1-12-15(21)6-5-7-16(12)24(30(4,26)27)11-18(25)23-22-10-13-8-14(20)19(29-3)17(9-13)28-2/h5-10H,11H2,1-4H3,(H,23,25)/b22-10-. The predicted octanol–water partition coefficient (Wildman–Crippen LogP) is 3.34. The number of rotatable bonds is 8. The Labute approximate surface area is 189 Å². The van der Waals surface area contributed by atoms with Gasteiger partial charge in [-0.05, 0) is 58.2 Å². The Morgan fingerprint density at radius 1 is 1.30 bits per heavy atom. The van der Waals surface area contributed by atoms with Crippen molar-refractivity contribution >= 4 is 55.4 Å². The summed E-state index contributed by atoms with van der Waals surface area (Å²) in [5.74, 6) is 0.397. The molecule has 30 heavy (non-hydrogen) atoms. The highest BCUT2D eigenvalue weighted by molar-refractivity contribution is 9.10. The summed E-state index contributed by atoms with van der Waals surface area (Å²) in [5.41, 5.74) is 3.84. The summed E-state index contributed by atoms with van der Waals surface area (Å²) >= 11 is 9.46. The fraction of sp³-hybridized carbons (Fsp3) is 0.263. The molecule has 1 amide bonds. The van der Waals surface area contributed by atoms with E-state index in [0.717, 1.165) is 10.6 Å². The van der Waals surface area contributed by atoms with Crippen molar-refractivity contribution in [1.82, 2.24) is 5.43 Å². The topological polar surface area (TPSA) is 97.3 Å². The van der Waals surface area contributed by atoms with Gasteiger partial charge in [0, 0.05) is 5.02 Å². The molecule has 0 bridgehead atoms. The van der Waals surface area contributed by atoms with E-state index in [0.29, 0.717) is 37.8 Å². The maximum atomic E-state index is 12.3. The molecule has 8 nitrogen and oxygen atoms in total. The first-order chi connectivity index (χ1) is 14.1. The van der Waals surface area contributed by atoms with Crippen LogP contribution in [0.2, 0.25) is 5.02 Å². The quantitative estimate of drug-likeness (QED) is 0.427. The highest BCUT2D eigenvalue weighted by Gasteiger charge is 2.23. The van der Waals surface area contributed by atoms with Crippen LogP contribution in [0.3, 0.4) is 0 Å². The van der Waals surface area contributed by atoms with Crippen molar-refractivity contribution < 1.29 is 22.7 Å². The second kappa shape index (κ2) is 10.1. The number of carbonyl (C=O) groups excluding carboxylic acids is 1. The third-order valence-corrected chi connectivity index (χ3v) is 6.18. The number of amides is 1. The van der Waals surface area contributed by atoms with Crippen molar-refractivity contribution in [2.45, 2.75) is 6.92 Å². The van der Waals surface area contributed by atoms with E-state index in [9.17, 15) is 13.2 Å². The Hall–Kier alpha value is -2.30. The van der Waals surface area contributed by atoms with Gasteiger partial charge in [-0.3, -0.25) is 9.10 Å². The lowest BCUT2D eigenvalue weighted by atomic mass is 10.2. The van der Waals surface area contributed by atoms with Crippen molar-refractivity contribution in [2.24, 2.45) is 5.10 Å². The molecule has 0 atom stereocenters. The minimum absolute atomic E-state index is 0.327. The molecule has 0 spiro atoms. The molecule has 2 aromatic carbocycles. The first kappa shape index (κ1) is 24.0. The van der Waals surface area contributed by atoms with Crippen LogP contribution in [-0.2, 0) is 14.8 Å². The van der Waals surface area contributed by atoms with Crippen molar-refractivity contribution in [3.63, 3.8) is 0 Å². The third-order valence-electron chi connectivity index (χ3n) is 4.05. The monoisotopic (exact) mass is 517 g/mol. The van der Waals surface area contributed by atoms with Gasteiger partial charge in [-0.2, -0.15) is 5.10 Å². The SMILES string of the molecule is COc1cc(/C=N\NC(=O)CN(c2cccc(Cl)c2C)S(C)(=O)=O)cc(Br)c1OC. The third kappa shape index (κ3) is 5.87. The van der Waals surface area contributed by atoms with E-state index in [2.05, 4.69) is 26.5 Å². The minimum atomic E-state index is -3.73. The molecular formula is C19H21BrClN3O5S. The molecule has 2 aromatic rings. The van der Waals surface area contributed by atoms with Gasteiger partial charge >= 0.3 is 0 Å². The first-order valence-electron chi connectivity index (χ1n) is 8.54. The van der Waals surface area contributed by atoms with Crippen molar-refractivity contribution in [3.05, 3.63) is 51.0 Å². The number of sulfonamides is 1. The summed E-state index contributed by atoms with van der Waals surface area (Å²) in [4.78, 5) is 12.3. The molecule has 0 heterocycles. The predicted molar refractivity (Wildman–Crippen MR) is 121 cm³/mol. The van der Waals surface area contributed by atoms with E-state index in [4.69, 9.17) is 21.1 Å². The average Bonchev–Trinajstić information content (AvgIpc) is 2.67. The maximum Gasteiger partial charge on any atom is 0.260 e. The lowest BCUT2D eigenvalue weighted by Crippen LogP contribution is -2.39. The highest BCUT2D eigenvalue weighted by Crippen LogP contribution is 2.35. The second-order valence-corrected chi connectivity index (χ2v) is 9.35. The Morgan fingerprint density at radius 2 is 2.00 bits per heavy atom. The van der Waals surface area contributed by atoms with Crippen LogP contribution in [0.4, 0.5) is 5.69 Å². The van der Waals surface area contributed by atoms with Gasteiger partial charge in [0.25, 0.3) is 5.91 Å². The van der Waals surface area contributed by atoms with Crippen molar-refractivity contribution in [1.29, 1.82) is 0 Å². The number of methoxy groups -OCH3 is 2. The van der Waals surface area contributed by atoms with Gasteiger partial charge in [0.05, 0.1) is 36.9 Å². The fourth-order valence-electron chi connectivity index (χ4n) is 2.60. The number of carbonyl (C=O) groups is 1. The first-order valence-corrected chi connectivity index (χ1v) is 11.6. The van der Waals surface area contributed by atoms with Gasteiger partial charge in [0.15, 0.2) is 11.5 Å². The number of ether oxygens (including phenoxy) is 2. The Morgan fingerprint density at radius 3 is 2.60 bits per heavy atom. The van der Waals surface area contributed by atoms with E-state index in [-0.39, 0.29) is 0 Å². The van der Waals surface area contributed by atoms with Crippen LogP contribution in [0.1, 0.15) is 11.1 Å². The maximum absolute atomic E-state index is 12.3. The summed E-state index contributed by atoms with van der Waals surface area (Å²) in [6.07, 6.45) is 2.42. The molecule has 0 radical (unpaired) electrons. The van der Waals surface area contributed by atoms with Crippen LogP contribution < -0.4 is 19.2 Å². The van der Waals surface area contributed by atoms with E-state index in [1.54, 1.807) is 37.3 Å². The average molecular weight is 519 g/mol. The van der Waals surface area contributed by atoms with Gasteiger partial charge in [-0.1, -0.05) is 17.7 Å². The van der Waals surface area contributed by atoms with Gasteiger partial charge < -0.3 is 9.47 Å². The van der Waals surface area contributed by atoms with Gasteiger partial charge in [-0.15, -0.1) is 0 Å². The van der Waals surface area contributed by atoms with Crippen molar-refractivity contribution in [3.8, 4) is 11.5 Å². The summed E-state index contributed by atoms with van der Waals surface area (Å²) in [6, 6.07) is 8.26. The van der Waals surface area contributed by atoms with Crippen LogP contribution in [-0.4, -0.2) is 47.6 Å². The van der Waals surface area contributed by atoms with Gasteiger partial charge in [0.1, 0.15) is 6.54 Å². The number of hydrogen-bond donors (Lipinski definition) is 1. The molecule has 0 aromatic heterocycles. The van der Waals surface area contributed by atoms with E-state index in [1.165, 1.54) is 20.4 Å². The molecule has 0 aliphatic rings. The Balaban J connectivity index is 2.17. The van der Waals surface area contributed by atoms with Crippen molar-refractivity contribution in [2.75, 3.05) is 31.3 Å². The van der Waals surface area contributed by atoms with Crippen LogP contribution >= 0.6 is 27.5 Å². The molecule has 0 aliphatic heterocycles. The fourth-order valence-corrected chi connectivity index (χ4v) is 4.30. The lowest BCUT2D eigenvalue weighted by molar-refractivity contribution is -0.119. The number of hydrazone groups is 1. The second-order valence-electron chi connectivity index (χ2n) is 6.19. The van der Waals surface area contributed by atoms with E-state index in [1.807, 2.05) is 0 Å². The number of nitrogens with zero attached hydrogens (tertiary/aromatic N) is 2. The molecule has 0 fully saturated rings. The van der Waals surface area contributed by atoms with Crippen LogP contribution in [0.25, 0.3) is 0 Å². The Kier molecular flexibility index (Phi) is 8.10. The molecule has 162 valence electrons. The molecule has 11 heteroatoms. The zero-order chi connectivity index (χ0) is 22.5. The summed E-state index contributed by atoms with van der Waals surface area (Å²) < 4.78 is 36.6. The number of benzene rings is 2. The summed E-state index contributed by atoms with van der Waals surface area (Å²) in [6.45, 7) is 1.23. The number of nitrogens with one attached hydrogen (secondary N) is 1. The zero-order valence-corrected chi connectivity index (χ0v) is 19.9. The van der Waals surface area contributed by atoms with Gasteiger partial charge in [-0.25, -0.2) is 13.8 Å². The smallest absolute Gasteiger partial charge is 0.260 e. The highest BCUT2D eigenvalue weighted by atomic mass is 79.9. The van der Waals surface area contributed by atoms with E-state index >= 15 is 0 Å². The molecule has 0 saturated heterocycles. The Bertz CT molecular complexity index is 1080. The number of hydrogen-bond acceptors (Lipinski definition) is 6. The number of anilines is 1. The molecule has 0 unspecified atom stereocenters. The summed E-state index contributed by atoms with van der Waals surface area (Å²) in [7, 11) is -0.702. The molecular weight excluding hydrogens is 498 g/mol. The molecule has 0 aliphatic carbocycles. The minimum Gasteiger partial charge on any atom is -0.493 e. The summed E-state index contributed by atoms with van der Waals surface area (Å²) in [5, 5.41) is 4.29. The van der Waals surface area contributed by atoms with E-state index < -0.39 is 22.5 Å².